The van der Waals surface area contributed by atoms with Crippen LogP contribution >= 0.6 is 11.8 Å². The number of aryl methyl sites for hydroxylation is 1. The Kier molecular flexibility index (Phi) is 7.52. The number of hydrogen-bond acceptors (Lipinski definition) is 2. The van der Waals surface area contributed by atoms with Gasteiger partial charge >= 0.3 is 0 Å². The molecule has 1 nitrogen and oxygen atoms in total. The average Bonchev–Trinajstić information content (AvgIpc) is 2.41. The van der Waals surface area contributed by atoms with Gasteiger partial charge in [-0.05, 0) is 36.3 Å². The molecule has 0 N–H and O–H groups in total. The minimum absolute atomic E-state index is 0.0280. The van der Waals surface area contributed by atoms with E-state index in [4.69, 9.17) is 0 Å². The molecule has 0 radical (unpaired) electrons. The Morgan fingerprint density at radius 3 is 2.45 bits per heavy atom. The summed E-state index contributed by atoms with van der Waals surface area (Å²) >= 11 is 1.11. The molecular formula is C16H20F2OS. The summed E-state index contributed by atoms with van der Waals surface area (Å²) in [7, 11) is 0. The van der Waals surface area contributed by atoms with Crippen molar-refractivity contribution in [3.63, 3.8) is 0 Å². The third kappa shape index (κ3) is 6.33. The van der Waals surface area contributed by atoms with Gasteiger partial charge in [-0.3, -0.25) is 4.79 Å². The summed E-state index contributed by atoms with van der Waals surface area (Å²) in [5.74, 6) is 0.164. The molecule has 0 aromatic heterocycles. The maximum Gasteiger partial charge on any atom is 0.269 e. The number of thioether (sulfide) groups is 1. The Balaban J connectivity index is 2.48. The maximum absolute atomic E-state index is 13.0. The number of benzene rings is 1. The standard InChI is InChI=1S/C16H20F2OS/c1-12(11-20-13(2)19)15(16(17)18)10-6-9-14-7-4-3-5-8-14/h3-5,7-8,12H,6,9-11H2,1-2H3. The van der Waals surface area contributed by atoms with E-state index in [1.165, 1.54) is 6.92 Å². The van der Waals surface area contributed by atoms with Gasteiger partial charge in [-0.1, -0.05) is 49.0 Å². The second-order valence-electron chi connectivity index (χ2n) is 4.83. The number of carbonyl (C=O) groups excluding carboxylic acids is 1. The third-order valence-electron chi connectivity index (χ3n) is 3.13. The van der Waals surface area contributed by atoms with Crippen LogP contribution in [0.15, 0.2) is 42.0 Å². The molecule has 0 fully saturated rings. The molecule has 110 valence electrons. The van der Waals surface area contributed by atoms with Gasteiger partial charge in [0.25, 0.3) is 6.08 Å². The van der Waals surface area contributed by atoms with E-state index in [0.29, 0.717) is 18.6 Å². The molecule has 20 heavy (non-hydrogen) atoms. The van der Waals surface area contributed by atoms with Crippen molar-refractivity contribution >= 4 is 16.9 Å². The predicted octanol–water partition coefficient (Wildman–Crippen LogP) is 5.08. The zero-order valence-corrected chi connectivity index (χ0v) is 12.7. The van der Waals surface area contributed by atoms with Crippen LogP contribution in [0.5, 0.6) is 0 Å². The first-order valence-electron chi connectivity index (χ1n) is 6.72. The first-order valence-corrected chi connectivity index (χ1v) is 7.70. The summed E-state index contributed by atoms with van der Waals surface area (Å²) in [6, 6.07) is 9.85. The van der Waals surface area contributed by atoms with E-state index in [9.17, 15) is 13.6 Å². The fourth-order valence-corrected chi connectivity index (χ4v) is 2.68. The molecule has 0 saturated carbocycles. The molecular weight excluding hydrogens is 278 g/mol. The first-order chi connectivity index (χ1) is 9.50. The molecule has 1 unspecified atom stereocenters. The van der Waals surface area contributed by atoms with Crippen LogP contribution in [0.3, 0.4) is 0 Å². The van der Waals surface area contributed by atoms with E-state index in [0.717, 1.165) is 23.7 Å². The minimum Gasteiger partial charge on any atom is -0.288 e. The number of halogens is 2. The summed E-state index contributed by atoms with van der Waals surface area (Å²) in [4.78, 5) is 10.9. The molecule has 0 aliphatic heterocycles. The molecule has 0 amide bonds. The van der Waals surface area contributed by atoms with Gasteiger partial charge in [0.1, 0.15) is 0 Å². The average molecular weight is 298 g/mol. The van der Waals surface area contributed by atoms with Crippen LogP contribution in [0.25, 0.3) is 0 Å². The van der Waals surface area contributed by atoms with Crippen molar-refractivity contribution in [3.8, 4) is 0 Å². The van der Waals surface area contributed by atoms with Crippen molar-refractivity contribution in [1.82, 2.24) is 0 Å². The Morgan fingerprint density at radius 2 is 1.90 bits per heavy atom. The van der Waals surface area contributed by atoms with E-state index in [1.54, 1.807) is 6.92 Å². The highest BCUT2D eigenvalue weighted by atomic mass is 32.2. The Hall–Kier alpha value is -1.16. The van der Waals surface area contributed by atoms with Crippen LogP contribution in [0, 0.1) is 5.92 Å². The Morgan fingerprint density at radius 1 is 1.25 bits per heavy atom. The Labute approximate surface area is 123 Å². The highest BCUT2D eigenvalue weighted by Crippen LogP contribution is 2.26. The lowest BCUT2D eigenvalue weighted by Crippen LogP contribution is -2.06. The monoisotopic (exact) mass is 298 g/mol. The van der Waals surface area contributed by atoms with Gasteiger partial charge in [0.2, 0.25) is 0 Å². The molecule has 1 aromatic carbocycles. The van der Waals surface area contributed by atoms with Gasteiger partial charge in [-0.2, -0.15) is 8.78 Å². The molecule has 1 aromatic rings. The molecule has 4 heteroatoms. The number of rotatable bonds is 7. The lowest BCUT2D eigenvalue weighted by molar-refractivity contribution is -0.109. The van der Waals surface area contributed by atoms with E-state index in [1.807, 2.05) is 30.3 Å². The van der Waals surface area contributed by atoms with Crippen LogP contribution in [0.4, 0.5) is 8.78 Å². The van der Waals surface area contributed by atoms with Crippen molar-refractivity contribution in [2.45, 2.75) is 33.1 Å². The topological polar surface area (TPSA) is 17.1 Å². The highest BCUT2D eigenvalue weighted by Gasteiger charge is 2.15. The number of allylic oxidation sites excluding steroid dienone is 1. The lowest BCUT2D eigenvalue weighted by atomic mass is 9.97. The number of carbonyl (C=O) groups is 1. The molecule has 0 aliphatic carbocycles. The molecule has 0 saturated heterocycles. The van der Waals surface area contributed by atoms with Crippen LogP contribution in [-0.2, 0) is 11.2 Å². The van der Waals surface area contributed by atoms with Crippen molar-refractivity contribution in [1.29, 1.82) is 0 Å². The zero-order valence-electron chi connectivity index (χ0n) is 11.9. The second-order valence-corrected chi connectivity index (χ2v) is 6.03. The summed E-state index contributed by atoms with van der Waals surface area (Å²) in [6.45, 7) is 3.22. The fraction of sp³-hybridized carbons (Fsp3) is 0.438. The lowest BCUT2D eigenvalue weighted by Gasteiger charge is -2.14. The fourth-order valence-electron chi connectivity index (χ4n) is 2.00. The number of hydrogen-bond donors (Lipinski definition) is 0. The molecule has 0 spiro atoms. The molecule has 0 heterocycles. The van der Waals surface area contributed by atoms with Gasteiger partial charge in [-0.15, -0.1) is 0 Å². The van der Waals surface area contributed by atoms with E-state index < -0.39 is 6.08 Å². The van der Waals surface area contributed by atoms with Gasteiger partial charge in [0.15, 0.2) is 5.12 Å². The summed E-state index contributed by atoms with van der Waals surface area (Å²) in [6.07, 6.45) is 0.294. The molecule has 0 bridgehead atoms. The molecule has 0 aliphatic rings. The minimum atomic E-state index is -1.59. The SMILES string of the molecule is CC(=O)SCC(C)C(CCCc1ccccc1)=C(F)F. The van der Waals surface area contributed by atoms with Crippen LogP contribution in [0.2, 0.25) is 0 Å². The van der Waals surface area contributed by atoms with Crippen LogP contribution in [-0.4, -0.2) is 10.9 Å². The van der Waals surface area contributed by atoms with Gasteiger partial charge in [-0.25, -0.2) is 0 Å². The quantitative estimate of drug-likeness (QED) is 0.698. The summed E-state index contributed by atoms with van der Waals surface area (Å²) in [5.41, 5.74) is 1.35. The van der Waals surface area contributed by atoms with Gasteiger partial charge in [0, 0.05) is 12.7 Å². The maximum atomic E-state index is 13.0. The molecule has 1 rings (SSSR count). The largest absolute Gasteiger partial charge is 0.288 e. The van der Waals surface area contributed by atoms with Crippen LogP contribution in [0.1, 0.15) is 32.3 Å². The molecule has 1 atom stereocenters. The van der Waals surface area contributed by atoms with Crippen molar-refractivity contribution in [2.75, 3.05) is 5.75 Å². The van der Waals surface area contributed by atoms with Gasteiger partial charge in [0.05, 0.1) is 0 Å². The summed E-state index contributed by atoms with van der Waals surface area (Å²) in [5, 5.41) is -0.0280. The summed E-state index contributed by atoms with van der Waals surface area (Å²) < 4.78 is 26.0. The van der Waals surface area contributed by atoms with Crippen molar-refractivity contribution in [3.05, 3.63) is 47.5 Å². The van der Waals surface area contributed by atoms with E-state index in [-0.39, 0.29) is 16.6 Å². The Bertz CT molecular complexity index is 453. The zero-order chi connectivity index (χ0) is 15.0. The second kappa shape index (κ2) is 8.90. The first kappa shape index (κ1) is 16.9. The van der Waals surface area contributed by atoms with Gasteiger partial charge < -0.3 is 0 Å². The van der Waals surface area contributed by atoms with Crippen molar-refractivity contribution in [2.24, 2.45) is 5.92 Å². The predicted molar refractivity (Wildman–Crippen MR) is 80.9 cm³/mol. The normalized spacial score (nSPS) is 12.0. The van der Waals surface area contributed by atoms with E-state index in [2.05, 4.69) is 0 Å². The third-order valence-corrected chi connectivity index (χ3v) is 4.20. The highest BCUT2D eigenvalue weighted by molar-refractivity contribution is 8.13. The smallest absolute Gasteiger partial charge is 0.269 e. The van der Waals surface area contributed by atoms with Crippen molar-refractivity contribution < 1.29 is 13.6 Å². The van der Waals surface area contributed by atoms with E-state index >= 15 is 0 Å². The van der Waals surface area contributed by atoms with Crippen LogP contribution < -0.4 is 0 Å².